The lowest BCUT2D eigenvalue weighted by Crippen LogP contribution is -2.07. The summed E-state index contributed by atoms with van der Waals surface area (Å²) in [5.74, 6) is 0.745. The van der Waals surface area contributed by atoms with Gasteiger partial charge in [-0.2, -0.15) is 0 Å². The second kappa shape index (κ2) is 5.16. The number of nitrogens with zero attached hydrogens (tertiary/aromatic N) is 2. The summed E-state index contributed by atoms with van der Waals surface area (Å²) in [6.45, 7) is 6.49. The molecule has 0 radical (unpaired) electrons. The van der Waals surface area contributed by atoms with Crippen molar-refractivity contribution in [3.63, 3.8) is 0 Å². The summed E-state index contributed by atoms with van der Waals surface area (Å²) in [5, 5.41) is 0. The maximum atomic E-state index is 5.70. The van der Waals surface area contributed by atoms with Crippen LogP contribution in [-0.4, -0.2) is 9.97 Å². The highest BCUT2D eigenvalue weighted by Gasteiger charge is 2.11. The molecule has 0 saturated heterocycles. The average Bonchev–Trinajstić information content (AvgIpc) is 2.28. The molecule has 0 unspecified atom stereocenters. The minimum Gasteiger partial charge on any atom is -0.326 e. The molecule has 1 aromatic heterocycles. The Balaban J connectivity index is 2.58. The lowest BCUT2D eigenvalue weighted by molar-refractivity contribution is 0.938. The molecule has 2 rings (SSSR count). The third kappa shape index (κ3) is 2.44. The summed E-state index contributed by atoms with van der Waals surface area (Å²) in [6.07, 6.45) is 0. The van der Waals surface area contributed by atoms with Crippen LogP contribution in [0.25, 0.3) is 11.4 Å². The number of halogens is 1. The Morgan fingerprint density at radius 1 is 1.11 bits per heavy atom. The largest absolute Gasteiger partial charge is 0.326 e. The molecule has 3 nitrogen and oxygen atoms in total. The van der Waals surface area contributed by atoms with Crippen molar-refractivity contribution >= 4 is 15.9 Å². The van der Waals surface area contributed by atoms with Crippen LogP contribution in [0.3, 0.4) is 0 Å². The Labute approximate surface area is 116 Å². The summed E-state index contributed by atoms with van der Waals surface area (Å²) in [5.41, 5.74) is 10.8. The normalized spacial score (nSPS) is 10.7. The molecule has 0 saturated carbocycles. The predicted molar refractivity (Wildman–Crippen MR) is 77.3 cm³/mol. The SMILES string of the molecule is Cc1ccc(-c2nc(C)c(CN)c(C)n2)c(Br)c1. The van der Waals surface area contributed by atoms with Gasteiger partial charge < -0.3 is 5.73 Å². The van der Waals surface area contributed by atoms with Crippen molar-refractivity contribution in [3.8, 4) is 11.4 Å². The zero-order valence-corrected chi connectivity index (χ0v) is 12.4. The van der Waals surface area contributed by atoms with Crippen molar-refractivity contribution in [1.29, 1.82) is 0 Å². The van der Waals surface area contributed by atoms with Gasteiger partial charge >= 0.3 is 0 Å². The van der Waals surface area contributed by atoms with Crippen LogP contribution < -0.4 is 5.73 Å². The van der Waals surface area contributed by atoms with E-state index in [1.165, 1.54) is 5.56 Å². The van der Waals surface area contributed by atoms with E-state index >= 15 is 0 Å². The number of rotatable bonds is 2. The van der Waals surface area contributed by atoms with E-state index in [9.17, 15) is 0 Å². The zero-order chi connectivity index (χ0) is 13.3. The molecule has 0 fully saturated rings. The first-order chi connectivity index (χ1) is 8.52. The Morgan fingerprint density at radius 3 is 2.22 bits per heavy atom. The van der Waals surface area contributed by atoms with E-state index in [0.29, 0.717) is 6.54 Å². The Bertz CT molecular complexity index is 571. The second-order valence-corrected chi connectivity index (χ2v) is 5.24. The standard InChI is InChI=1S/C14H16BrN3/c1-8-4-5-11(13(15)6-8)14-17-9(2)12(7-16)10(3)18-14/h4-6H,7,16H2,1-3H3. The lowest BCUT2D eigenvalue weighted by Gasteiger charge is -2.10. The number of hydrogen-bond acceptors (Lipinski definition) is 3. The van der Waals surface area contributed by atoms with E-state index in [1.54, 1.807) is 0 Å². The summed E-state index contributed by atoms with van der Waals surface area (Å²) in [6, 6.07) is 6.17. The fourth-order valence-corrected chi connectivity index (χ4v) is 2.63. The summed E-state index contributed by atoms with van der Waals surface area (Å²) < 4.78 is 1.02. The van der Waals surface area contributed by atoms with Gasteiger partial charge in [-0.3, -0.25) is 0 Å². The molecule has 0 aliphatic carbocycles. The van der Waals surface area contributed by atoms with E-state index in [1.807, 2.05) is 19.9 Å². The minimum absolute atomic E-state index is 0.479. The van der Waals surface area contributed by atoms with Gasteiger partial charge in [-0.15, -0.1) is 0 Å². The molecule has 4 heteroatoms. The monoisotopic (exact) mass is 305 g/mol. The van der Waals surface area contributed by atoms with Crippen molar-refractivity contribution < 1.29 is 0 Å². The molecule has 0 aliphatic rings. The Kier molecular flexibility index (Phi) is 3.78. The quantitative estimate of drug-likeness (QED) is 0.926. The van der Waals surface area contributed by atoms with Crippen LogP contribution in [0, 0.1) is 20.8 Å². The van der Waals surface area contributed by atoms with Crippen molar-refractivity contribution in [2.45, 2.75) is 27.3 Å². The molecule has 0 amide bonds. The number of aromatic nitrogens is 2. The highest BCUT2D eigenvalue weighted by Crippen LogP contribution is 2.27. The Morgan fingerprint density at radius 2 is 1.72 bits per heavy atom. The van der Waals surface area contributed by atoms with Crippen LogP contribution >= 0.6 is 15.9 Å². The van der Waals surface area contributed by atoms with Gasteiger partial charge in [-0.25, -0.2) is 9.97 Å². The molecule has 0 spiro atoms. The molecular formula is C14H16BrN3. The van der Waals surface area contributed by atoms with Gasteiger partial charge in [0, 0.05) is 33.5 Å². The number of benzene rings is 1. The summed E-state index contributed by atoms with van der Waals surface area (Å²) >= 11 is 3.56. The van der Waals surface area contributed by atoms with Crippen LogP contribution in [0.2, 0.25) is 0 Å². The molecule has 2 N–H and O–H groups in total. The fourth-order valence-electron chi connectivity index (χ4n) is 1.96. The summed E-state index contributed by atoms with van der Waals surface area (Å²) in [4.78, 5) is 9.09. The van der Waals surface area contributed by atoms with E-state index in [2.05, 4.69) is 45.0 Å². The van der Waals surface area contributed by atoms with Gasteiger partial charge in [-0.1, -0.05) is 22.0 Å². The molecular weight excluding hydrogens is 290 g/mol. The van der Waals surface area contributed by atoms with Crippen molar-refractivity contribution in [1.82, 2.24) is 9.97 Å². The predicted octanol–water partition coefficient (Wildman–Crippen LogP) is 3.29. The maximum absolute atomic E-state index is 5.70. The van der Waals surface area contributed by atoms with Gasteiger partial charge in [-0.05, 0) is 38.5 Å². The molecule has 1 aromatic carbocycles. The Hall–Kier alpha value is -1.26. The zero-order valence-electron chi connectivity index (χ0n) is 10.8. The maximum Gasteiger partial charge on any atom is 0.160 e. The molecule has 0 bridgehead atoms. The van der Waals surface area contributed by atoms with Crippen LogP contribution in [-0.2, 0) is 6.54 Å². The van der Waals surface area contributed by atoms with Gasteiger partial charge in [0.2, 0.25) is 0 Å². The number of hydrogen-bond donors (Lipinski definition) is 1. The van der Waals surface area contributed by atoms with Gasteiger partial charge in [0.15, 0.2) is 5.82 Å². The van der Waals surface area contributed by atoms with Gasteiger partial charge in [0.1, 0.15) is 0 Å². The third-order valence-corrected chi connectivity index (χ3v) is 3.65. The van der Waals surface area contributed by atoms with Crippen LogP contribution in [0.4, 0.5) is 0 Å². The second-order valence-electron chi connectivity index (χ2n) is 4.38. The first kappa shape index (κ1) is 13.2. The average molecular weight is 306 g/mol. The van der Waals surface area contributed by atoms with Crippen LogP contribution in [0.15, 0.2) is 22.7 Å². The van der Waals surface area contributed by atoms with Crippen molar-refractivity contribution in [2.75, 3.05) is 0 Å². The fraction of sp³-hybridized carbons (Fsp3) is 0.286. The molecule has 1 heterocycles. The summed E-state index contributed by atoms with van der Waals surface area (Å²) in [7, 11) is 0. The van der Waals surface area contributed by atoms with Gasteiger partial charge in [0.25, 0.3) is 0 Å². The van der Waals surface area contributed by atoms with Gasteiger partial charge in [0.05, 0.1) is 0 Å². The molecule has 2 aromatic rings. The van der Waals surface area contributed by atoms with E-state index < -0.39 is 0 Å². The number of nitrogens with two attached hydrogens (primary N) is 1. The first-order valence-electron chi connectivity index (χ1n) is 5.83. The molecule has 94 valence electrons. The van der Waals surface area contributed by atoms with E-state index in [0.717, 1.165) is 32.8 Å². The minimum atomic E-state index is 0.479. The number of aryl methyl sites for hydroxylation is 3. The van der Waals surface area contributed by atoms with Crippen molar-refractivity contribution in [3.05, 3.63) is 45.2 Å². The van der Waals surface area contributed by atoms with Crippen molar-refractivity contribution in [2.24, 2.45) is 5.73 Å². The third-order valence-electron chi connectivity index (χ3n) is 2.99. The lowest BCUT2D eigenvalue weighted by atomic mass is 10.1. The van der Waals surface area contributed by atoms with Crippen LogP contribution in [0.1, 0.15) is 22.5 Å². The molecule has 0 atom stereocenters. The highest BCUT2D eigenvalue weighted by atomic mass is 79.9. The highest BCUT2D eigenvalue weighted by molar-refractivity contribution is 9.10. The first-order valence-corrected chi connectivity index (χ1v) is 6.63. The smallest absolute Gasteiger partial charge is 0.160 e. The molecule has 0 aliphatic heterocycles. The van der Waals surface area contributed by atoms with E-state index in [-0.39, 0.29) is 0 Å². The topological polar surface area (TPSA) is 51.8 Å². The molecule has 18 heavy (non-hydrogen) atoms. The van der Waals surface area contributed by atoms with Crippen LogP contribution in [0.5, 0.6) is 0 Å². The van der Waals surface area contributed by atoms with E-state index in [4.69, 9.17) is 5.73 Å².